The first-order valence-corrected chi connectivity index (χ1v) is 9.27. The number of nitrogens with one attached hydrogen (secondary N) is 1. The molecule has 0 aromatic heterocycles. The quantitative estimate of drug-likeness (QED) is 0.552. The molecule has 1 aliphatic heterocycles. The number of carbonyl (C=O) groups is 2. The molecule has 1 unspecified atom stereocenters. The van der Waals surface area contributed by atoms with Gasteiger partial charge in [-0.2, -0.15) is 0 Å². The number of rotatable bonds is 4. The molecule has 1 heterocycles. The van der Waals surface area contributed by atoms with Crippen LogP contribution in [0.25, 0.3) is 0 Å². The van der Waals surface area contributed by atoms with Crippen molar-refractivity contribution in [1.29, 1.82) is 0 Å². The molecule has 1 atom stereocenters. The minimum Gasteiger partial charge on any atom is -0.457 e. The zero-order chi connectivity index (χ0) is 18.7. The Morgan fingerprint density at radius 3 is 2.50 bits per heavy atom. The van der Waals surface area contributed by atoms with Crippen LogP contribution in [-0.4, -0.2) is 23.9 Å². The van der Waals surface area contributed by atoms with Gasteiger partial charge in [-0.1, -0.05) is 48.5 Å². The van der Waals surface area contributed by atoms with Gasteiger partial charge in [0.2, 0.25) is 0 Å². The number of hydrogen-bond acceptors (Lipinski definition) is 3. The summed E-state index contributed by atoms with van der Waals surface area (Å²) in [6.07, 6.45) is 0. The van der Waals surface area contributed by atoms with Gasteiger partial charge >= 0.3 is 12.0 Å². The summed E-state index contributed by atoms with van der Waals surface area (Å²) in [4.78, 5) is 26.6. The molecule has 0 saturated carbocycles. The van der Waals surface area contributed by atoms with Crippen molar-refractivity contribution in [1.82, 2.24) is 10.2 Å². The summed E-state index contributed by atoms with van der Waals surface area (Å²) in [5.41, 5.74) is 2.84. The molecule has 6 heteroatoms. The Morgan fingerprint density at radius 2 is 1.81 bits per heavy atom. The fourth-order valence-electron chi connectivity index (χ4n) is 2.84. The van der Waals surface area contributed by atoms with Crippen LogP contribution in [0.5, 0.6) is 0 Å². The van der Waals surface area contributed by atoms with Gasteiger partial charge in [-0.15, -0.1) is 0 Å². The molecule has 0 aliphatic carbocycles. The Balaban J connectivity index is 1.92. The summed E-state index contributed by atoms with van der Waals surface area (Å²) in [6, 6.07) is 16.4. The molecule has 0 spiro atoms. The van der Waals surface area contributed by atoms with Crippen LogP contribution in [0, 0.1) is 3.57 Å². The lowest BCUT2D eigenvalue weighted by molar-refractivity contribution is -0.141. The zero-order valence-corrected chi connectivity index (χ0v) is 16.7. The van der Waals surface area contributed by atoms with E-state index >= 15 is 0 Å². The first-order valence-electron chi connectivity index (χ1n) is 8.19. The molecule has 1 N–H and O–H groups in total. The number of carbonyl (C=O) groups excluding carboxylic acids is 2. The molecule has 26 heavy (non-hydrogen) atoms. The molecule has 2 aromatic carbocycles. The van der Waals surface area contributed by atoms with Crippen LogP contribution in [0.4, 0.5) is 4.79 Å². The molecule has 5 nitrogen and oxygen atoms in total. The number of benzene rings is 2. The van der Waals surface area contributed by atoms with Gasteiger partial charge in [0.05, 0.1) is 11.6 Å². The molecule has 134 valence electrons. The van der Waals surface area contributed by atoms with E-state index < -0.39 is 12.0 Å². The average molecular weight is 462 g/mol. The predicted molar refractivity (Wildman–Crippen MR) is 107 cm³/mol. The van der Waals surface area contributed by atoms with Crippen molar-refractivity contribution < 1.29 is 14.3 Å². The van der Waals surface area contributed by atoms with Crippen LogP contribution in [-0.2, 0) is 16.1 Å². The third-order valence-electron chi connectivity index (χ3n) is 4.40. The van der Waals surface area contributed by atoms with Crippen LogP contribution in [0.2, 0.25) is 0 Å². The van der Waals surface area contributed by atoms with Crippen molar-refractivity contribution >= 4 is 34.6 Å². The van der Waals surface area contributed by atoms with Gasteiger partial charge in [0.25, 0.3) is 0 Å². The maximum atomic E-state index is 12.9. The highest BCUT2D eigenvalue weighted by Crippen LogP contribution is 2.33. The van der Waals surface area contributed by atoms with E-state index in [1.165, 1.54) is 4.90 Å². The molecule has 2 amide bonds. The lowest BCUT2D eigenvalue weighted by Crippen LogP contribution is -2.46. The van der Waals surface area contributed by atoms with Crippen LogP contribution in [0.15, 0.2) is 65.9 Å². The number of allylic oxidation sites excluding steroid dienone is 1. The Labute approximate surface area is 166 Å². The molecule has 0 radical (unpaired) electrons. The van der Waals surface area contributed by atoms with E-state index in [4.69, 9.17) is 4.74 Å². The van der Waals surface area contributed by atoms with Crippen LogP contribution in [0.3, 0.4) is 0 Å². The molecule has 0 saturated heterocycles. The summed E-state index contributed by atoms with van der Waals surface area (Å²) in [7, 11) is 1.64. The van der Waals surface area contributed by atoms with Gasteiger partial charge in [-0.3, -0.25) is 0 Å². The largest absolute Gasteiger partial charge is 0.457 e. The number of nitrogens with zero attached hydrogens (tertiary/aromatic N) is 1. The highest BCUT2D eigenvalue weighted by Gasteiger charge is 2.35. The fraction of sp³-hybridized carbons (Fsp3) is 0.200. The number of halogens is 1. The number of amides is 2. The second-order valence-corrected chi connectivity index (χ2v) is 7.19. The molecular weight excluding hydrogens is 443 g/mol. The first-order chi connectivity index (χ1) is 12.5. The molecule has 1 aliphatic rings. The van der Waals surface area contributed by atoms with Crippen molar-refractivity contribution in [2.24, 2.45) is 0 Å². The summed E-state index contributed by atoms with van der Waals surface area (Å²) in [5, 5.41) is 2.91. The highest BCUT2D eigenvalue weighted by atomic mass is 127. The lowest BCUT2D eigenvalue weighted by Gasteiger charge is -2.33. The van der Waals surface area contributed by atoms with Gasteiger partial charge in [0.1, 0.15) is 6.61 Å². The maximum absolute atomic E-state index is 12.9. The Hall–Kier alpha value is -2.35. The molecule has 0 fully saturated rings. The summed E-state index contributed by atoms with van der Waals surface area (Å²) in [5.74, 6) is -0.428. The monoisotopic (exact) mass is 462 g/mol. The Kier molecular flexibility index (Phi) is 5.61. The maximum Gasteiger partial charge on any atom is 0.338 e. The Bertz CT molecular complexity index is 864. The van der Waals surface area contributed by atoms with E-state index in [-0.39, 0.29) is 12.6 Å². The van der Waals surface area contributed by atoms with E-state index in [0.717, 1.165) is 14.7 Å². The molecule has 0 bridgehead atoms. The van der Waals surface area contributed by atoms with Gasteiger partial charge in [-0.25, -0.2) is 9.59 Å². The smallest absolute Gasteiger partial charge is 0.338 e. The van der Waals surface area contributed by atoms with Gasteiger partial charge in [0.15, 0.2) is 0 Å². The minimum absolute atomic E-state index is 0.187. The van der Waals surface area contributed by atoms with E-state index in [0.29, 0.717) is 11.3 Å². The SMILES string of the molecule is CC1=C(C(=O)OCc2ccccc2)C(c2ccccc2I)NC(=O)N1C. The van der Waals surface area contributed by atoms with E-state index in [9.17, 15) is 9.59 Å². The fourth-order valence-corrected chi connectivity index (χ4v) is 3.54. The van der Waals surface area contributed by atoms with Crippen molar-refractivity contribution in [2.75, 3.05) is 7.05 Å². The second-order valence-electron chi connectivity index (χ2n) is 6.02. The third kappa shape index (κ3) is 3.75. The van der Waals surface area contributed by atoms with Crippen LogP contribution in [0.1, 0.15) is 24.1 Å². The van der Waals surface area contributed by atoms with Gasteiger partial charge in [-0.05, 0) is 46.7 Å². The minimum atomic E-state index is -0.532. The highest BCUT2D eigenvalue weighted by molar-refractivity contribution is 14.1. The van der Waals surface area contributed by atoms with Gasteiger partial charge < -0.3 is 15.0 Å². The normalized spacial score (nSPS) is 17.1. The molecule has 2 aromatic rings. The summed E-state index contributed by atoms with van der Waals surface area (Å²) < 4.78 is 6.51. The number of hydrogen-bond donors (Lipinski definition) is 1. The van der Waals surface area contributed by atoms with Crippen molar-refractivity contribution in [3.8, 4) is 0 Å². The number of ether oxygens (including phenoxy) is 1. The molecular formula is C20H19IN2O3. The number of esters is 1. The zero-order valence-electron chi connectivity index (χ0n) is 14.5. The third-order valence-corrected chi connectivity index (χ3v) is 5.39. The Morgan fingerprint density at radius 1 is 1.15 bits per heavy atom. The first kappa shape index (κ1) is 18.4. The van der Waals surface area contributed by atoms with Gasteiger partial charge in [0, 0.05) is 16.3 Å². The van der Waals surface area contributed by atoms with E-state index in [1.807, 2.05) is 54.6 Å². The van der Waals surface area contributed by atoms with Crippen molar-refractivity contribution in [3.63, 3.8) is 0 Å². The van der Waals surface area contributed by atoms with E-state index in [1.54, 1.807) is 14.0 Å². The second kappa shape index (κ2) is 7.90. The summed E-state index contributed by atoms with van der Waals surface area (Å²) >= 11 is 2.21. The van der Waals surface area contributed by atoms with Crippen molar-refractivity contribution in [2.45, 2.75) is 19.6 Å². The number of urea groups is 1. The van der Waals surface area contributed by atoms with Crippen LogP contribution < -0.4 is 5.32 Å². The standard InChI is InChI=1S/C20H19IN2O3/c1-13-17(19(24)26-12-14-8-4-3-5-9-14)18(22-20(25)23(13)2)15-10-6-7-11-16(15)21/h3-11,18H,12H2,1-2H3,(H,22,25). The van der Waals surface area contributed by atoms with Crippen molar-refractivity contribution in [3.05, 3.63) is 80.6 Å². The topological polar surface area (TPSA) is 58.6 Å². The average Bonchev–Trinajstić information content (AvgIpc) is 2.65. The summed E-state index contributed by atoms with van der Waals surface area (Å²) in [6.45, 7) is 1.95. The predicted octanol–water partition coefficient (Wildman–Crippen LogP) is 4.00. The van der Waals surface area contributed by atoms with E-state index in [2.05, 4.69) is 27.9 Å². The molecule has 3 rings (SSSR count). The van der Waals surface area contributed by atoms with Crippen LogP contribution >= 0.6 is 22.6 Å². The lowest BCUT2D eigenvalue weighted by atomic mass is 9.95.